The van der Waals surface area contributed by atoms with Crippen molar-refractivity contribution in [1.82, 2.24) is 9.97 Å². The van der Waals surface area contributed by atoms with Crippen molar-refractivity contribution >= 4 is 32.7 Å². The molecule has 3 heteroatoms. The molecule has 0 aliphatic rings. The van der Waals surface area contributed by atoms with Gasteiger partial charge in [0.05, 0.1) is 11.4 Å². The van der Waals surface area contributed by atoms with Crippen LogP contribution >= 0.6 is 0 Å². The van der Waals surface area contributed by atoms with Crippen LogP contribution in [0.2, 0.25) is 0 Å². The lowest BCUT2D eigenvalue weighted by Crippen LogP contribution is -1.96. The first-order valence-corrected chi connectivity index (χ1v) is 13.7. The number of hydrogen-bond acceptors (Lipinski definition) is 3. The van der Waals surface area contributed by atoms with Crippen LogP contribution in [0.15, 0.2) is 150 Å². The highest BCUT2D eigenvalue weighted by molar-refractivity contribution is 6.05. The van der Waals surface area contributed by atoms with E-state index in [4.69, 9.17) is 14.4 Å². The number of rotatable bonds is 4. The zero-order valence-electron chi connectivity index (χ0n) is 22.2. The van der Waals surface area contributed by atoms with Crippen LogP contribution in [-0.4, -0.2) is 9.97 Å². The molecule has 0 bridgehead atoms. The molecule has 0 aliphatic heterocycles. The van der Waals surface area contributed by atoms with Gasteiger partial charge in [0, 0.05) is 27.5 Å². The van der Waals surface area contributed by atoms with Crippen molar-refractivity contribution in [3.05, 3.63) is 146 Å². The van der Waals surface area contributed by atoms with Crippen LogP contribution in [0, 0.1) is 0 Å². The molecule has 0 saturated carbocycles. The van der Waals surface area contributed by atoms with Gasteiger partial charge in [-0.1, -0.05) is 115 Å². The number of furan rings is 1. The van der Waals surface area contributed by atoms with Crippen LogP contribution in [0.4, 0.5) is 0 Å². The van der Waals surface area contributed by atoms with E-state index >= 15 is 0 Å². The zero-order chi connectivity index (χ0) is 27.2. The Morgan fingerprint density at radius 2 is 0.976 bits per heavy atom. The first kappa shape index (κ1) is 23.4. The Kier molecular flexibility index (Phi) is 5.46. The first-order valence-electron chi connectivity index (χ1n) is 13.7. The molecule has 0 aliphatic carbocycles. The number of aromatic nitrogens is 2. The van der Waals surface area contributed by atoms with E-state index in [1.165, 1.54) is 21.9 Å². The minimum atomic E-state index is 0.669. The first-order chi connectivity index (χ1) is 20.3. The normalized spacial score (nSPS) is 11.4. The Bertz CT molecular complexity index is 2200. The molecule has 8 rings (SSSR count). The Labute approximate surface area is 237 Å². The molecule has 0 fully saturated rings. The SMILES string of the molecule is c1ccc(-c2cc(-c3ccc(-c4ccc5ccccc5c4)cc3)nc(-c3ccc4c(c3)oc3ccccc34)n2)cc1. The maximum atomic E-state index is 6.17. The van der Waals surface area contributed by atoms with Gasteiger partial charge in [0.15, 0.2) is 5.82 Å². The summed E-state index contributed by atoms with van der Waals surface area (Å²) in [5, 5.41) is 4.69. The van der Waals surface area contributed by atoms with E-state index in [0.717, 1.165) is 50.0 Å². The van der Waals surface area contributed by atoms with Gasteiger partial charge in [-0.05, 0) is 52.2 Å². The zero-order valence-corrected chi connectivity index (χ0v) is 22.2. The van der Waals surface area contributed by atoms with Gasteiger partial charge in [-0.15, -0.1) is 0 Å². The molecule has 41 heavy (non-hydrogen) atoms. The molecule has 2 heterocycles. The van der Waals surface area contributed by atoms with E-state index in [-0.39, 0.29) is 0 Å². The quantitative estimate of drug-likeness (QED) is 0.230. The van der Waals surface area contributed by atoms with Crippen molar-refractivity contribution in [3.63, 3.8) is 0 Å². The Morgan fingerprint density at radius 1 is 0.366 bits per heavy atom. The molecule has 0 amide bonds. The fourth-order valence-electron chi connectivity index (χ4n) is 5.55. The summed E-state index contributed by atoms with van der Waals surface area (Å²) >= 11 is 0. The smallest absolute Gasteiger partial charge is 0.160 e. The highest BCUT2D eigenvalue weighted by Crippen LogP contribution is 2.34. The molecule has 8 aromatic rings. The second kappa shape index (κ2) is 9.58. The molecular weight excluding hydrogens is 500 g/mol. The van der Waals surface area contributed by atoms with Gasteiger partial charge in [-0.2, -0.15) is 0 Å². The van der Waals surface area contributed by atoms with Crippen molar-refractivity contribution in [2.24, 2.45) is 0 Å². The predicted octanol–water partition coefficient (Wildman–Crippen LogP) is 10.2. The number of nitrogens with zero attached hydrogens (tertiary/aromatic N) is 2. The molecular formula is C38H24N2O. The minimum Gasteiger partial charge on any atom is -0.456 e. The summed E-state index contributed by atoms with van der Waals surface area (Å²) < 4.78 is 6.17. The second-order valence-electron chi connectivity index (χ2n) is 10.3. The summed E-state index contributed by atoms with van der Waals surface area (Å²) in [4.78, 5) is 10.1. The van der Waals surface area contributed by atoms with Gasteiger partial charge in [0.1, 0.15) is 11.2 Å². The lowest BCUT2D eigenvalue weighted by molar-refractivity contribution is 0.669. The van der Waals surface area contributed by atoms with E-state index in [2.05, 4.69) is 103 Å². The second-order valence-corrected chi connectivity index (χ2v) is 10.3. The maximum absolute atomic E-state index is 6.17. The van der Waals surface area contributed by atoms with Gasteiger partial charge in [0.2, 0.25) is 0 Å². The molecule has 0 unspecified atom stereocenters. The van der Waals surface area contributed by atoms with Crippen LogP contribution < -0.4 is 0 Å². The largest absolute Gasteiger partial charge is 0.456 e. The van der Waals surface area contributed by atoms with Gasteiger partial charge in [-0.25, -0.2) is 9.97 Å². The summed E-state index contributed by atoms with van der Waals surface area (Å²) in [6, 6.07) is 50.4. The topological polar surface area (TPSA) is 38.9 Å². The summed E-state index contributed by atoms with van der Waals surface area (Å²) in [6.45, 7) is 0. The van der Waals surface area contributed by atoms with Crippen molar-refractivity contribution in [3.8, 4) is 45.0 Å². The minimum absolute atomic E-state index is 0.669. The fraction of sp³-hybridized carbons (Fsp3) is 0. The highest BCUT2D eigenvalue weighted by Gasteiger charge is 2.13. The molecule has 6 aromatic carbocycles. The van der Waals surface area contributed by atoms with Gasteiger partial charge < -0.3 is 4.42 Å². The number of fused-ring (bicyclic) bond motifs is 4. The van der Waals surface area contributed by atoms with Crippen molar-refractivity contribution in [1.29, 1.82) is 0 Å². The van der Waals surface area contributed by atoms with E-state index in [9.17, 15) is 0 Å². The molecule has 0 atom stereocenters. The third-order valence-corrected chi connectivity index (χ3v) is 7.70. The Balaban J connectivity index is 1.23. The number of hydrogen-bond donors (Lipinski definition) is 0. The van der Waals surface area contributed by atoms with Gasteiger partial charge >= 0.3 is 0 Å². The average molecular weight is 525 g/mol. The monoisotopic (exact) mass is 524 g/mol. The van der Waals surface area contributed by atoms with Gasteiger partial charge in [-0.3, -0.25) is 0 Å². The molecule has 0 N–H and O–H groups in total. The van der Waals surface area contributed by atoms with Crippen molar-refractivity contribution in [2.45, 2.75) is 0 Å². The Morgan fingerprint density at radius 3 is 1.80 bits per heavy atom. The van der Waals surface area contributed by atoms with Crippen LogP contribution in [0.1, 0.15) is 0 Å². The van der Waals surface area contributed by atoms with E-state index in [1.54, 1.807) is 0 Å². The molecule has 192 valence electrons. The van der Waals surface area contributed by atoms with Crippen molar-refractivity contribution < 1.29 is 4.42 Å². The summed E-state index contributed by atoms with van der Waals surface area (Å²) in [6.07, 6.45) is 0. The highest BCUT2D eigenvalue weighted by atomic mass is 16.3. The maximum Gasteiger partial charge on any atom is 0.160 e. The van der Waals surface area contributed by atoms with Crippen LogP contribution in [0.5, 0.6) is 0 Å². The van der Waals surface area contributed by atoms with Crippen LogP contribution in [0.3, 0.4) is 0 Å². The molecule has 0 spiro atoms. The van der Waals surface area contributed by atoms with E-state index in [1.807, 2.05) is 42.5 Å². The van der Waals surface area contributed by atoms with E-state index in [0.29, 0.717) is 5.82 Å². The molecule has 0 saturated heterocycles. The third-order valence-electron chi connectivity index (χ3n) is 7.70. The van der Waals surface area contributed by atoms with Gasteiger partial charge in [0.25, 0.3) is 0 Å². The summed E-state index contributed by atoms with van der Waals surface area (Å²) in [5.41, 5.74) is 8.86. The van der Waals surface area contributed by atoms with Crippen molar-refractivity contribution in [2.75, 3.05) is 0 Å². The lowest BCUT2D eigenvalue weighted by atomic mass is 9.99. The fourth-order valence-corrected chi connectivity index (χ4v) is 5.55. The third kappa shape index (κ3) is 4.25. The standard InChI is InChI=1S/C38H24N2O/c1-2-9-27(10-3-1)34-24-35(28-17-14-26(15-18-28)30-19-16-25-8-4-5-11-29(25)22-30)40-38(39-34)31-20-21-33-32-12-6-7-13-36(32)41-37(33)23-31/h1-24H. The summed E-state index contributed by atoms with van der Waals surface area (Å²) in [7, 11) is 0. The number of benzene rings is 6. The molecule has 0 radical (unpaired) electrons. The van der Waals surface area contributed by atoms with Crippen LogP contribution in [0.25, 0.3) is 77.7 Å². The molecule has 3 nitrogen and oxygen atoms in total. The average Bonchev–Trinajstić information content (AvgIpc) is 3.43. The molecule has 2 aromatic heterocycles. The van der Waals surface area contributed by atoms with Crippen LogP contribution in [-0.2, 0) is 0 Å². The number of para-hydroxylation sites is 1. The predicted molar refractivity (Wildman–Crippen MR) is 169 cm³/mol. The van der Waals surface area contributed by atoms with E-state index < -0.39 is 0 Å². The lowest BCUT2D eigenvalue weighted by Gasteiger charge is -2.10. The Hall–Kier alpha value is -5.54. The summed E-state index contributed by atoms with van der Waals surface area (Å²) in [5.74, 6) is 0.669.